The van der Waals surface area contributed by atoms with Crippen LogP contribution in [-0.4, -0.2) is 23.0 Å². The molecule has 1 aliphatic heterocycles. The predicted octanol–water partition coefficient (Wildman–Crippen LogP) is 2.15. The highest BCUT2D eigenvalue weighted by Gasteiger charge is 2.13. The zero-order valence-corrected chi connectivity index (χ0v) is 7.74. The molecule has 0 aliphatic carbocycles. The lowest BCUT2D eigenvalue weighted by molar-refractivity contribution is 0.494. The van der Waals surface area contributed by atoms with E-state index in [4.69, 9.17) is 0 Å². The molecule has 2 heterocycles. The summed E-state index contributed by atoms with van der Waals surface area (Å²) >= 11 is 0. The number of rotatable bonds is 2. The van der Waals surface area contributed by atoms with Gasteiger partial charge in [-0.1, -0.05) is 6.58 Å². The molecular formula is C11H14N2. The Bertz CT molecular complexity index is 286. The molecular weight excluding hydrogens is 160 g/mol. The first-order chi connectivity index (χ1) is 6.38. The summed E-state index contributed by atoms with van der Waals surface area (Å²) in [5.41, 5.74) is 2.26. The maximum absolute atomic E-state index is 4.09. The second-order valence-corrected chi connectivity index (χ2v) is 3.38. The quantitative estimate of drug-likeness (QED) is 0.683. The van der Waals surface area contributed by atoms with Crippen molar-refractivity contribution in [2.24, 2.45) is 0 Å². The van der Waals surface area contributed by atoms with Gasteiger partial charge in [0.15, 0.2) is 0 Å². The van der Waals surface area contributed by atoms with Gasteiger partial charge in [-0.3, -0.25) is 4.98 Å². The van der Waals surface area contributed by atoms with Crippen LogP contribution >= 0.6 is 0 Å². The van der Waals surface area contributed by atoms with Crippen molar-refractivity contribution >= 4 is 5.70 Å². The van der Waals surface area contributed by atoms with E-state index in [-0.39, 0.29) is 0 Å². The largest absolute Gasteiger partial charge is 0.371 e. The molecule has 2 nitrogen and oxygen atoms in total. The van der Waals surface area contributed by atoms with Gasteiger partial charge in [0.05, 0.1) is 0 Å². The molecule has 0 saturated carbocycles. The van der Waals surface area contributed by atoms with Gasteiger partial charge in [0.25, 0.3) is 0 Å². The second-order valence-electron chi connectivity index (χ2n) is 3.38. The fraction of sp³-hybridized carbons (Fsp3) is 0.364. The molecule has 13 heavy (non-hydrogen) atoms. The molecule has 0 spiro atoms. The van der Waals surface area contributed by atoms with E-state index in [2.05, 4.69) is 22.5 Å². The zero-order chi connectivity index (χ0) is 9.10. The lowest BCUT2D eigenvalue weighted by atomic mass is 10.2. The van der Waals surface area contributed by atoms with Crippen LogP contribution in [0.3, 0.4) is 0 Å². The van der Waals surface area contributed by atoms with E-state index in [1.807, 2.05) is 12.3 Å². The van der Waals surface area contributed by atoms with Crippen molar-refractivity contribution in [3.05, 3.63) is 36.7 Å². The van der Waals surface area contributed by atoms with Gasteiger partial charge in [-0.25, -0.2) is 0 Å². The summed E-state index contributed by atoms with van der Waals surface area (Å²) < 4.78 is 0. The minimum absolute atomic E-state index is 1.12. The third-order valence-electron chi connectivity index (χ3n) is 2.48. The molecule has 0 aromatic carbocycles. The van der Waals surface area contributed by atoms with Crippen molar-refractivity contribution in [3.63, 3.8) is 0 Å². The normalized spacial score (nSPS) is 16.2. The maximum atomic E-state index is 4.09. The average Bonchev–Trinajstić information content (AvgIpc) is 2.71. The topological polar surface area (TPSA) is 16.1 Å². The molecule has 68 valence electrons. The minimum atomic E-state index is 1.12. The highest BCUT2D eigenvalue weighted by atomic mass is 15.1. The number of nitrogens with zero attached hydrogens (tertiary/aromatic N) is 2. The first-order valence-corrected chi connectivity index (χ1v) is 4.72. The Hall–Kier alpha value is -1.31. The third kappa shape index (κ3) is 1.72. The second kappa shape index (κ2) is 3.60. The predicted molar refractivity (Wildman–Crippen MR) is 54.1 cm³/mol. The van der Waals surface area contributed by atoms with Crippen LogP contribution in [0.15, 0.2) is 31.1 Å². The monoisotopic (exact) mass is 174 g/mol. The summed E-state index contributed by atoms with van der Waals surface area (Å²) in [4.78, 5) is 6.42. The smallest absolute Gasteiger partial charge is 0.0382 e. The lowest BCUT2D eigenvalue weighted by Crippen LogP contribution is -2.16. The Morgan fingerprint density at radius 3 is 2.77 bits per heavy atom. The number of hydrogen-bond donors (Lipinski definition) is 0. The van der Waals surface area contributed by atoms with Crippen molar-refractivity contribution in [3.8, 4) is 0 Å². The Labute approximate surface area is 78.9 Å². The van der Waals surface area contributed by atoms with Crippen molar-refractivity contribution in [1.29, 1.82) is 0 Å². The molecule has 0 N–H and O–H groups in total. The Kier molecular flexibility index (Phi) is 2.30. The molecule has 0 unspecified atom stereocenters. The van der Waals surface area contributed by atoms with Gasteiger partial charge < -0.3 is 4.90 Å². The molecule has 0 radical (unpaired) electrons. The summed E-state index contributed by atoms with van der Waals surface area (Å²) in [5.74, 6) is 0. The molecule has 2 heteroatoms. The standard InChI is InChI=1S/C11H14N2/c1-10(13-7-2-3-8-13)11-5-4-6-12-9-11/h4-6,9H,1-3,7-8H2. The van der Waals surface area contributed by atoms with Crippen molar-refractivity contribution in [2.45, 2.75) is 12.8 Å². The van der Waals surface area contributed by atoms with Gasteiger partial charge in [-0.15, -0.1) is 0 Å². The number of aromatic nitrogens is 1. The maximum Gasteiger partial charge on any atom is 0.0382 e. The Balaban J connectivity index is 2.13. The van der Waals surface area contributed by atoms with Gasteiger partial charge in [-0.2, -0.15) is 0 Å². The van der Waals surface area contributed by atoms with Crippen LogP contribution in [-0.2, 0) is 0 Å². The first kappa shape index (κ1) is 8.30. The van der Waals surface area contributed by atoms with E-state index in [0.29, 0.717) is 0 Å². The molecule has 0 atom stereocenters. The van der Waals surface area contributed by atoms with Crippen LogP contribution in [0.25, 0.3) is 5.70 Å². The van der Waals surface area contributed by atoms with Gasteiger partial charge >= 0.3 is 0 Å². The molecule has 1 aromatic heterocycles. The number of hydrogen-bond acceptors (Lipinski definition) is 2. The third-order valence-corrected chi connectivity index (χ3v) is 2.48. The Morgan fingerprint density at radius 1 is 1.38 bits per heavy atom. The Morgan fingerprint density at radius 2 is 2.15 bits per heavy atom. The SMILES string of the molecule is C=C(c1cccnc1)N1CCCC1. The fourth-order valence-electron chi connectivity index (χ4n) is 1.70. The summed E-state index contributed by atoms with van der Waals surface area (Å²) in [5, 5.41) is 0. The average molecular weight is 174 g/mol. The van der Waals surface area contributed by atoms with Crippen molar-refractivity contribution < 1.29 is 0 Å². The van der Waals surface area contributed by atoms with Crippen LogP contribution in [0.1, 0.15) is 18.4 Å². The lowest BCUT2D eigenvalue weighted by Gasteiger charge is -2.19. The van der Waals surface area contributed by atoms with Crippen molar-refractivity contribution in [1.82, 2.24) is 9.88 Å². The molecule has 2 rings (SSSR count). The summed E-state index contributed by atoms with van der Waals surface area (Å²) in [7, 11) is 0. The van der Waals surface area contributed by atoms with Crippen LogP contribution in [0.2, 0.25) is 0 Å². The summed E-state index contributed by atoms with van der Waals surface area (Å²) in [6.45, 7) is 6.39. The highest BCUT2D eigenvalue weighted by Crippen LogP contribution is 2.20. The minimum Gasteiger partial charge on any atom is -0.371 e. The van der Waals surface area contributed by atoms with Gasteiger partial charge in [0.1, 0.15) is 0 Å². The van der Waals surface area contributed by atoms with E-state index in [9.17, 15) is 0 Å². The summed E-state index contributed by atoms with van der Waals surface area (Å²) in [6, 6.07) is 4.02. The fourth-order valence-corrected chi connectivity index (χ4v) is 1.70. The van der Waals surface area contributed by atoms with Crippen LogP contribution < -0.4 is 0 Å². The molecule has 1 aromatic rings. The van der Waals surface area contributed by atoms with Gasteiger partial charge in [0.2, 0.25) is 0 Å². The molecule has 1 aliphatic rings. The van der Waals surface area contributed by atoms with Crippen LogP contribution in [0.5, 0.6) is 0 Å². The van der Waals surface area contributed by atoms with Crippen molar-refractivity contribution in [2.75, 3.05) is 13.1 Å². The molecule has 0 amide bonds. The highest BCUT2D eigenvalue weighted by molar-refractivity contribution is 5.60. The van der Waals surface area contributed by atoms with E-state index in [1.165, 1.54) is 12.8 Å². The van der Waals surface area contributed by atoms with E-state index in [1.54, 1.807) is 6.20 Å². The van der Waals surface area contributed by atoms with Gasteiger partial charge in [-0.05, 0) is 25.0 Å². The summed E-state index contributed by atoms with van der Waals surface area (Å²) in [6.07, 6.45) is 6.25. The number of likely N-dealkylation sites (tertiary alicyclic amines) is 1. The molecule has 1 fully saturated rings. The first-order valence-electron chi connectivity index (χ1n) is 4.72. The van der Waals surface area contributed by atoms with Crippen LogP contribution in [0, 0.1) is 0 Å². The molecule has 1 saturated heterocycles. The zero-order valence-electron chi connectivity index (χ0n) is 7.74. The van der Waals surface area contributed by atoms with E-state index < -0.39 is 0 Å². The number of pyridine rings is 1. The van der Waals surface area contributed by atoms with Gasteiger partial charge in [0, 0.05) is 36.7 Å². The van der Waals surface area contributed by atoms with E-state index in [0.717, 1.165) is 24.4 Å². The van der Waals surface area contributed by atoms with E-state index >= 15 is 0 Å². The molecule has 0 bridgehead atoms. The van der Waals surface area contributed by atoms with Crippen LogP contribution in [0.4, 0.5) is 0 Å².